The lowest BCUT2D eigenvalue weighted by Crippen LogP contribution is -2.57. The van der Waals surface area contributed by atoms with Crippen molar-refractivity contribution >= 4 is 23.4 Å². The van der Waals surface area contributed by atoms with Crippen LogP contribution < -0.4 is 4.90 Å². The van der Waals surface area contributed by atoms with E-state index in [1.807, 2.05) is 37.3 Å². The molecule has 3 unspecified atom stereocenters. The first-order valence-corrected chi connectivity index (χ1v) is 15.2. The highest BCUT2D eigenvalue weighted by Gasteiger charge is 2.80. The highest BCUT2D eigenvalue weighted by Crippen LogP contribution is 2.65. The van der Waals surface area contributed by atoms with E-state index >= 15 is 0 Å². The molecule has 3 aliphatic heterocycles. The third-order valence-corrected chi connectivity index (χ3v) is 9.46. The molecule has 0 radical (unpaired) electrons. The summed E-state index contributed by atoms with van der Waals surface area (Å²) in [6.07, 6.45) is 7.91. The second kappa shape index (κ2) is 12.9. The van der Waals surface area contributed by atoms with Crippen LogP contribution in [0.2, 0.25) is 0 Å². The van der Waals surface area contributed by atoms with Crippen molar-refractivity contribution < 1.29 is 24.2 Å². The third kappa shape index (κ3) is 5.37. The van der Waals surface area contributed by atoms with Gasteiger partial charge in [-0.3, -0.25) is 14.4 Å². The van der Waals surface area contributed by atoms with Gasteiger partial charge in [0.15, 0.2) is 0 Å². The minimum atomic E-state index is -1.09. The average Bonchev–Trinajstić information content (AvgIpc) is 3.47. The van der Waals surface area contributed by atoms with Gasteiger partial charge in [0.2, 0.25) is 17.7 Å². The molecule has 1 N–H and O–H groups in total. The van der Waals surface area contributed by atoms with Crippen LogP contribution in [0.4, 0.5) is 5.69 Å². The van der Waals surface area contributed by atoms with Gasteiger partial charge < -0.3 is 24.5 Å². The molecule has 41 heavy (non-hydrogen) atoms. The SMILES string of the molecule is C=CCN(CCCCC)C(=O)C1N(CCCCO)C(=O)[C@@H]2[C@@H](C(=O)N(CC=C)c3ccccc3)[C@]3(C)OC12CC3C. The first-order valence-electron chi connectivity index (χ1n) is 15.2. The van der Waals surface area contributed by atoms with Crippen LogP contribution in [0.25, 0.3) is 0 Å². The van der Waals surface area contributed by atoms with Crippen LogP contribution in [-0.2, 0) is 19.1 Å². The van der Waals surface area contributed by atoms with Crippen molar-refractivity contribution in [1.82, 2.24) is 9.80 Å². The van der Waals surface area contributed by atoms with E-state index in [9.17, 15) is 19.5 Å². The molecular weight excluding hydrogens is 518 g/mol. The number of hydrogen-bond acceptors (Lipinski definition) is 5. The molecule has 224 valence electrons. The Morgan fingerprint density at radius 2 is 1.80 bits per heavy atom. The maximum Gasteiger partial charge on any atom is 0.248 e. The number of carbonyl (C=O) groups excluding carboxylic acids is 3. The maximum atomic E-state index is 14.5. The Labute approximate surface area is 245 Å². The molecule has 1 spiro atoms. The number of likely N-dealkylation sites (tertiary alicyclic amines) is 1. The Hall–Kier alpha value is -2.97. The highest BCUT2D eigenvalue weighted by atomic mass is 16.5. The van der Waals surface area contributed by atoms with Gasteiger partial charge in [-0.05, 0) is 50.7 Å². The molecule has 8 heteroatoms. The fourth-order valence-corrected chi connectivity index (χ4v) is 7.43. The number of nitrogens with zero attached hydrogens (tertiary/aromatic N) is 3. The number of aliphatic hydroxyl groups is 1. The van der Waals surface area contributed by atoms with E-state index in [4.69, 9.17) is 4.74 Å². The second-order valence-corrected chi connectivity index (χ2v) is 12.0. The minimum Gasteiger partial charge on any atom is -0.396 e. The van der Waals surface area contributed by atoms with Crippen LogP contribution in [0.1, 0.15) is 59.3 Å². The van der Waals surface area contributed by atoms with Crippen molar-refractivity contribution in [3.8, 4) is 0 Å². The molecule has 3 fully saturated rings. The number of rotatable bonds is 15. The lowest BCUT2D eigenvalue weighted by Gasteiger charge is -2.39. The summed E-state index contributed by atoms with van der Waals surface area (Å²) in [4.78, 5) is 48.5. The Kier molecular flexibility index (Phi) is 9.75. The third-order valence-electron chi connectivity index (χ3n) is 9.46. The fourth-order valence-electron chi connectivity index (χ4n) is 7.43. The first-order chi connectivity index (χ1) is 19.7. The van der Waals surface area contributed by atoms with Gasteiger partial charge in [-0.1, -0.05) is 57.0 Å². The standard InChI is InChI=1S/C33H47N3O5/c1-6-9-13-20-34(18-7-2)31(40)28-33-23-24(4)32(5,41-33)26(27(33)30(39)36(28)21-14-15-22-37)29(38)35(19-8-3)25-16-11-10-12-17-25/h7-8,10-12,16-17,24,26-28,37H,2-3,6,9,13-15,18-23H2,1,4-5H3/t24?,26-,27-,28?,32+,33?/m0/s1. The Bertz CT molecular complexity index is 1130. The zero-order valence-corrected chi connectivity index (χ0v) is 25.0. The molecule has 1 aromatic rings. The van der Waals surface area contributed by atoms with Gasteiger partial charge in [0.25, 0.3) is 0 Å². The maximum absolute atomic E-state index is 14.5. The Morgan fingerprint density at radius 1 is 1.10 bits per heavy atom. The molecule has 3 saturated heterocycles. The second-order valence-electron chi connectivity index (χ2n) is 12.0. The predicted octanol–water partition coefficient (Wildman–Crippen LogP) is 4.19. The summed E-state index contributed by atoms with van der Waals surface area (Å²) in [6.45, 7) is 15.5. The minimum absolute atomic E-state index is 0.00905. The number of fused-ring (bicyclic) bond motifs is 1. The summed E-state index contributed by atoms with van der Waals surface area (Å²) in [6, 6.07) is 8.59. The van der Waals surface area contributed by atoms with E-state index in [1.54, 1.807) is 26.9 Å². The predicted molar refractivity (Wildman–Crippen MR) is 160 cm³/mol. The zero-order valence-electron chi connectivity index (χ0n) is 25.0. The van der Waals surface area contributed by atoms with E-state index in [0.29, 0.717) is 45.4 Å². The van der Waals surface area contributed by atoms with Crippen LogP contribution in [0.3, 0.4) is 0 Å². The number of hydrogen-bond donors (Lipinski definition) is 1. The topological polar surface area (TPSA) is 90.4 Å². The molecule has 3 amide bonds. The van der Waals surface area contributed by atoms with Gasteiger partial charge in [-0.2, -0.15) is 0 Å². The first kappa shape index (κ1) is 31.0. The summed E-state index contributed by atoms with van der Waals surface area (Å²) in [5.74, 6) is -2.07. The number of amides is 3. The molecule has 6 atom stereocenters. The van der Waals surface area contributed by atoms with Crippen LogP contribution in [-0.4, -0.2) is 82.7 Å². The van der Waals surface area contributed by atoms with Gasteiger partial charge in [-0.25, -0.2) is 0 Å². The summed E-state index contributed by atoms with van der Waals surface area (Å²) in [5.41, 5.74) is -1.26. The van der Waals surface area contributed by atoms with Crippen molar-refractivity contribution in [3.05, 3.63) is 55.6 Å². The van der Waals surface area contributed by atoms with Gasteiger partial charge >= 0.3 is 0 Å². The molecule has 0 aromatic heterocycles. The number of anilines is 1. The smallest absolute Gasteiger partial charge is 0.248 e. The van der Waals surface area contributed by atoms with E-state index in [2.05, 4.69) is 27.0 Å². The summed E-state index contributed by atoms with van der Waals surface area (Å²) >= 11 is 0. The van der Waals surface area contributed by atoms with Crippen LogP contribution >= 0.6 is 0 Å². The normalized spacial score (nSPS) is 29.9. The lowest BCUT2D eigenvalue weighted by atomic mass is 9.62. The molecule has 0 aliphatic carbocycles. The molecule has 2 bridgehead atoms. The van der Waals surface area contributed by atoms with Gasteiger partial charge in [0, 0.05) is 38.5 Å². The number of carbonyl (C=O) groups is 3. The molecule has 3 aliphatic rings. The Balaban J connectivity index is 1.78. The average molecular weight is 566 g/mol. The summed E-state index contributed by atoms with van der Waals surface area (Å²) in [7, 11) is 0. The zero-order chi connectivity index (χ0) is 29.8. The molecule has 3 heterocycles. The lowest BCUT2D eigenvalue weighted by molar-refractivity contribution is -0.152. The Morgan fingerprint density at radius 3 is 2.44 bits per heavy atom. The summed E-state index contributed by atoms with van der Waals surface area (Å²) < 4.78 is 6.92. The monoisotopic (exact) mass is 565 g/mol. The van der Waals surface area contributed by atoms with Gasteiger partial charge in [0.1, 0.15) is 11.6 Å². The summed E-state index contributed by atoms with van der Waals surface area (Å²) in [5, 5.41) is 9.46. The van der Waals surface area contributed by atoms with E-state index in [1.165, 1.54) is 0 Å². The molecule has 0 saturated carbocycles. The number of ether oxygens (including phenoxy) is 1. The fraction of sp³-hybridized carbons (Fsp3) is 0.606. The van der Waals surface area contributed by atoms with Crippen LogP contribution in [0.15, 0.2) is 55.6 Å². The molecule has 8 nitrogen and oxygen atoms in total. The quantitative estimate of drug-likeness (QED) is 0.254. The number of aliphatic hydroxyl groups excluding tert-OH is 1. The highest BCUT2D eigenvalue weighted by molar-refractivity contribution is 6.03. The number of unbranched alkanes of at least 4 members (excludes halogenated alkanes) is 3. The van der Waals surface area contributed by atoms with Gasteiger partial charge in [0.05, 0.1) is 17.4 Å². The molecular formula is C33H47N3O5. The van der Waals surface area contributed by atoms with E-state index in [0.717, 1.165) is 24.9 Å². The molecule has 1 aromatic carbocycles. The van der Waals surface area contributed by atoms with Crippen molar-refractivity contribution in [2.24, 2.45) is 17.8 Å². The number of benzene rings is 1. The van der Waals surface area contributed by atoms with Crippen molar-refractivity contribution in [2.45, 2.75) is 76.5 Å². The van der Waals surface area contributed by atoms with E-state index < -0.39 is 29.1 Å². The van der Waals surface area contributed by atoms with Crippen LogP contribution in [0, 0.1) is 17.8 Å². The van der Waals surface area contributed by atoms with Crippen molar-refractivity contribution in [1.29, 1.82) is 0 Å². The largest absolute Gasteiger partial charge is 0.396 e. The number of para-hydroxylation sites is 1. The van der Waals surface area contributed by atoms with E-state index in [-0.39, 0.29) is 30.2 Å². The molecule has 4 rings (SSSR count). The van der Waals surface area contributed by atoms with Crippen molar-refractivity contribution in [3.63, 3.8) is 0 Å². The van der Waals surface area contributed by atoms with Crippen molar-refractivity contribution in [2.75, 3.05) is 37.7 Å². The van der Waals surface area contributed by atoms with Gasteiger partial charge in [-0.15, -0.1) is 13.2 Å². The van der Waals surface area contributed by atoms with Crippen LogP contribution in [0.5, 0.6) is 0 Å².